The predicted octanol–water partition coefficient (Wildman–Crippen LogP) is 3.63. The molecule has 0 N–H and O–H groups in total. The molecular formula is C21H21N3. The molecule has 0 saturated carbocycles. The maximum atomic E-state index is 4.19. The standard InChI is InChI=1S/C21H21N3/c1-3-7-19-16(5-1)9-10-17-6-2-4-8-20(17)21(19)24-13-18(14-24)23-12-11-22-15-23/h1-8,11-12,15,18,21H,9-10,13-14H2. The number of hydrogen-bond donors (Lipinski definition) is 0. The van der Waals surface area contributed by atoms with E-state index >= 15 is 0 Å². The Bertz CT molecular complexity index is 800. The highest BCUT2D eigenvalue weighted by Crippen LogP contribution is 2.40. The van der Waals surface area contributed by atoms with Crippen molar-refractivity contribution in [3.05, 3.63) is 89.5 Å². The van der Waals surface area contributed by atoms with E-state index < -0.39 is 0 Å². The van der Waals surface area contributed by atoms with Crippen LogP contribution < -0.4 is 0 Å². The summed E-state index contributed by atoms with van der Waals surface area (Å²) in [7, 11) is 0. The zero-order valence-electron chi connectivity index (χ0n) is 13.7. The highest BCUT2D eigenvalue weighted by molar-refractivity contribution is 5.44. The van der Waals surface area contributed by atoms with Gasteiger partial charge in [0.2, 0.25) is 0 Å². The molecule has 24 heavy (non-hydrogen) atoms. The van der Waals surface area contributed by atoms with Crippen molar-refractivity contribution in [2.45, 2.75) is 24.9 Å². The summed E-state index contributed by atoms with van der Waals surface area (Å²) in [5.41, 5.74) is 5.99. The lowest BCUT2D eigenvalue weighted by molar-refractivity contribution is 0.0748. The summed E-state index contributed by atoms with van der Waals surface area (Å²) in [5, 5.41) is 0. The van der Waals surface area contributed by atoms with Crippen molar-refractivity contribution in [3.63, 3.8) is 0 Å². The molecule has 2 aromatic carbocycles. The molecule has 0 unspecified atom stereocenters. The summed E-state index contributed by atoms with van der Waals surface area (Å²) in [6.45, 7) is 2.17. The molecule has 1 aliphatic carbocycles. The van der Waals surface area contributed by atoms with Crippen molar-refractivity contribution in [1.29, 1.82) is 0 Å². The Morgan fingerprint density at radius 1 is 0.833 bits per heavy atom. The molecule has 0 spiro atoms. The van der Waals surface area contributed by atoms with Crippen LogP contribution >= 0.6 is 0 Å². The highest BCUT2D eigenvalue weighted by Gasteiger charge is 2.37. The van der Waals surface area contributed by atoms with E-state index in [0.717, 1.165) is 25.9 Å². The van der Waals surface area contributed by atoms with Gasteiger partial charge in [-0.05, 0) is 35.1 Å². The third-order valence-corrected chi connectivity index (χ3v) is 5.57. The second-order valence-electron chi connectivity index (χ2n) is 6.92. The zero-order valence-corrected chi connectivity index (χ0v) is 13.7. The Morgan fingerprint density at radius 3 is 2.04 bits per heavy atom. The van der Waals surface area contributed by atoms with Gasteiger partial charge in [-0.25, -0.2) is 4.98 Å². The summed E-state index contributed by atoms with van der Waals surface area (Å²) < 4.78 is 2.24. The number of benzene rings is 2. The first-order chi connectivity index (χ1) is 11.9. The molecular weight excluding hydrogens is 294 g/mol. The molecule has 3 aromatic rings. The van der Waals surface area contributed by atoms with E-state index in [1.807, 2.05) is 12.5 Å². The van der Waals surface area contributed by atoms with Gasteiger partial charge in [-0.2, -0.15) is 0 Å². The van der Waals surface area contributed by atoms with E-state index in [4.69, 9.17) is 0 Å². The first-order valence-corrected chi connectivity index (χ1v) is 8.77. The van der Waals surface area contributed by atoms with Crippen LogP contribution in [0.3, 0.4) is 0 Å². The second kappa shape index (κ2) is 5.60. The minimum atomic E-state index is 0.389. The van der Waals surface area contributed by atoms with Gasteiger partial charge in [0.05, 0.1) is 18.4 Å². The number of nitrogens with zero attached hydrogens (tertiary/aromatic N) is 3. The Hall–Kier alpha value is -2.39. The Balaban J connectivity index is 1.53. The van der Waals surface area contributed by atoms with Gasteiger partial charge >= 0.3 is 0 Å². The molecule has 0 bridgehead atoms. The third-order valence-electron chi connectivity index (χ3n) is 5.57. The van der Waals surface area contributed by atoms with Crippen LogP contribution in [-0.2, 0) is 12.8 Å². The Labute approximate surface area is 142 Å². The van der Waals surface area contributed by atoms with Crippen LogP contribution in [0.1, 0.15) is 34.3 Å². The Kier molecular flexibility index (Phi) is 3.27. The van der Waals surface area contributed by atoms with E-state index in [1.54, 1.807) is 0 Å². The minimum Gasteiger partial charge on any atom is -0.332 e. The number of aromatic nitrogens is 2. The summed E-state index contributed by atoms with van der Waals surface area (Å²) in [4.78, 5) is 6.81. The molecule has 1 aliphatic heterocycles. The van der Waals surface area contributed by atoms with Crippen molar-refractivity contribution < 1.29 is 0 Å². The van der Waals surface area contributed by atoms with Crippen LogP contribution in [0.15, 0.2) is 67.3 Å². The molecule has 0 amide bonds. The zero-order chi connectivity index (χ0) is 15.9. The molecule has 1 aromatic heterocycles. The topological polar surface area (TPSA) is 21.1 Å². The molecule has 5 rings (SSSR count). The Morgan fingerprint density at radius 2 is 1.46 bits per heavy atom. The highest BCUT2D eigenvalue weighted by atomic mass is 15.3. The van der Waals surface area contributed by atoms with Gasteiger partial charge in [0.15, 0.2) is 0 Å². The maximum absolute atomic E-state index is 4.19. The van der Waals surface area contributed by atoms with Crippen LogP contribution in [-0.4, -0.2) is 27.5 Å². The number of rotatable bonds is 2. The fraction of sp³-hybridized carbons (Fsp3) is 0.286. The number of hydrogen-bond acceptors (Lipinski definition) is 2. The molecule has 3 nitrogen and oxygen atoms in total. The van der Waals surface area contributed by atoms with Crippen molar-refractivity contribution in [1.82, 2.24) is 14.5 Å². The average Bonchev–Trinajstić information content (AvgIpc) is 3.05. The van der Waals surface area contributed by atoms with Crippen LogP contribution in [0, 0.1) is 0 Å². The fourth-order valence-electron chi connectivity index (χ4n) is 4.26. The largest absolute Gasteiger partial charge is 0.332 e. The molecule has 2 heterocycles. The smallest absolute Gasteiger partial charge is 0.0949 e. The monoisotopic (exact) mass is 315 g/mol. The summed E-state index contributed by atoms with van der Waals surface area (Å²) in [6.07, 6.45) is 8.18. The van der Waals surface area contributed by atoms with Gasteiger partial charge < -0.3 is 4.57 Å². The molecule has 1 fully saturated rings. The van der Waals surface area contributed by atoms with Gasteiger partial charge in [-0.1, -0.05) is 48.5 Å². The summed E-state index contributed by atoms with van der Waals surface area (Å²) >= 11 is 0. The normalized spacial score (nSPS) is 18.5. The quantitative estimate of drug-likeness (QED) is 0.720. The lowest BCUT2D eigenvalue weighted by Gasteiger charge is -2.45. The van der Waals surface area contributed by atoms with Crippen LogP contribution in [0.2, 0.25) is 0 Å². The molecule has 2 aliphatic rings. The van der Waals surface area contributed by atoms with E-state index in [0.29, 0.717) is 12.1 Å². The van der Waals surface area contributed by atoms with Gasteiger partial charge in [0, 0.05) is 25.5 Å². The van der Waals surface area contributed by atoms with E-state index in [2.05, 4.69) is 69.2 Å². The van der Waals surface area contributed by atoms with Crippen LogP contribution in [0.5, 0.6) is 0 Å². The fourth-order valence-corrected chi connectivity index (χ4v) is 4.26. The van der Waals surface area contributed by atoms with Crippen LogP contribution in [0.4, 0.5) is 0 Å². The SMILES string of the molecule is c1ccc2c(c1)CCc1ccccc1C2N1CC(n2ccnc2)C1. The number of aryl methyl sites for hydroxylation is 2. The lowest BCUT2D eigenvalue weighted by atomic mass is 9.90. The van der Waals surface area contributed by atoms with E-state index in [-0.39, 0.29) is 0 Å². The van der Waals surface area contributed by atoms with E-state index in [9.17, 15) is 0 Å². The van der Waals surface area contributed by atoms with Crippen molar-refractivity contribution in [2.24, 2.45) is 0 Å². The van der Waals surface area contributed by atoms with Gasteiger partial charge in [-0.3, -0.25) is 4.90 Å². The van der Waals surface area contributed by atoms with E-state index in [1.165, 1.54) is 22.3 Å². The van der Waals surface area contributed by atoms with Gasteiger partial charge in [0.1, 0.15) is 0 Å². The predicted molar refractivity (Wildman–Crippen MR) is 95.0 cm³/mol. The maximum Gasteiger partial charge on any atom is 0.0949 e. The summed E-state index contributed by atoms with van der Waals surface area (Å²) in [5.74, 6) is 0. The summed E-state index contributed by atoms with van der Waals surface area (Å²) in [6, 6.07) is 18.9. The number of imidazole rings is 1. The molecule has 0 atom stereocenters. The average molecular weight is 315 g/mol. The van der Waals surface area contributed by atoms with Crippen molar-refractivity contribution in [3.8, 4) is 0 Å². The first-order valence-electron chi connectivity index (χ1n) is 8.77. The van der Waals surface area contributed by atoms with Crippen LogP contribution in [0.25, 0.3) is 0 Å². The lowest BCUT2D eigenvalue weighted by Crippen LogP contribution is -2.49. The molecule has 0 radical (unpaired) electrons. The van der Waals surface area contributed by atoms with Gasteiger partial charge in [-0.15, -0.1) is 0 Å². The number of fused-ring (bicyclic) bond motifs is 2. The van der Waals surface area contributed by atoms with Crippen molar-refractivity contribution >= 4 is 0 Å². The second-order valence-corrected chi connectivity index (χ2v) is 6.92. The molecule has 3 heteroatoms. The van der Waals surface area contributed by atoms with Crippen molar-refractivity contribution in [2.75, 3.05) is 13.1 Å². The third kappa shape index (κ3) is 2.20. The number of likely N-dealkylation sites (tertiary alicyclic amines) is 1. The minimum absolute atomic E-state index is 0.389. The molecule has 120 valence electrons. The first kappa shape index (κ1) is 14.0. The van der Waals surface area contributed by atoms with Gasteiger partial charge in [0.25, 0.3) is 0 Å². The molecule has 1 saturated heterocycles.